The molecule has 0 amide bonds. The molecule has 0 aliphatic rings. The molecule has 0 aliphatic heterocycles. The van der Waals surface area contributed by atoms with E-state index < -0.39 is 0 Å². The van der Waals surface area contributed by atoms with Gasteiger partial charge in [0, 0.05) is 11.1 Å². The number of aliphatic hydroxyl groups excluding tert-OH is 1. The smallest absolute Gasteiger partial charge is 0.271 e. The van der Waals surface area contributed by atoms with Gasteiger partial charge in [-0.2, -0.15) is 0 Å². The molecule has 0 atom stereocenters. The lowest BCUT2D eigenvalue weighted by atomic mass is 9.97. The summed E-state index contributed by atoms with van der Waals surface area (Å²) in [6.45, 7) is 6.10. The third kappa shape index (κ3) is 2.95. The number of fused-ring (bicyclic) bond motifs is 3. The van der Waals surface area contributed by atoms with Gasteiger partial charge in [-0.25, -0.2) is 9.97 Å². The van der Waals surface area contributed by atoms with Gasteiger partial charge in [0.2, 0.25) is 0 Å². The van der Waals surface area contributed by atoms with Gasteiger partial charge in [0.05, 0.1) is 18.7 Å². The lowest BCUT2D eigenvalue weighted by molar-refractivity contribution is 0.272. The van der Waals surface area contributed by atoms with Crippen molar-refractivity contribution in [2.24, 2.45) is 0 Å². The minimum Gasteiger partial charge on any atom is -0.395 e. The molecule has 6 heteroatoms. The summed E-state index contributed by atoms with van der Waals surface area (Å²) >= 11 is 1.39. The van der Waals surface area contributed by atoms with Gasteiger partial charge in [-0.1, -0.05) is 30.3 Å². The zero-order valence-electron chi connectivity index (χ0n) is 15.6. The second kappa shape index (κ2) is 6.87. The molecule has 0 saturated heterocycles. The average molecular weight is 379 g/mol. The first-order valence-corrected chi connectivity index (χ1v) is 9.77. The van der Waals surface area contributed by atoms with E-state index in [0.29, 0.717) is 10.5 Å². The molecule has 1 N–H and O–H groups in total. The van der Waals surface area contributed by atoms with Gasteiger partial charge < -0.3 is 5.11 Å². The van der Waals surface area contributed by atoms with Crippen LogP contribution in [0.25, 0.3) is 20.4 Å². The molecule has 0 bridgehead atoms. The van der Waals surface area contributed by atoms with E-state index in [9.17, 15) is 9.90 Å². The van der Waals surface area contributed by atoms with Gasteiger partial charge in [0.1, 0.15) is 15.4 Å². The summed E-state index contributed by atoms with van der Waals surface area (Å²) in [7, 11) is 0. The van der Waals surface area contributed by atoms with Crippen LogP contribution in [0, 0.1) is 20.8 Å². The first-order chi connectivity index (χ1) is 13.0. The number of pyridine rings is 1. The fourth-order valence-corrected chi connectivity index (χ4v) is 4.81. The van der Waals surface area contributed by atoms with Gasteiger partial charge in [0.15, 0.2) is 0 Å². The zero-order chi connectivity index (χ0) is 19.1. The third-order valence-electron chi connectivity index (χ3n) is 5.05. The lowest BCUT2D eigenvalue weighted by Gasteiger charge is -2.11. The Labute approximate surface area is 161 Å². The minimum atomic E-state index is -0.101. The minimum absolute atomic E-state index is 0.0869. The number of benzene rings is 1. The first-order valence-electron chi connectivity index (χ1n) is 8.95. The van der Waals surface area contributed by atoms with E-state index in [1.165, 1.54) is 27.0 Å². The van der Waals surface area contributed by atoms with Crippen LogP contribution < -0.4 is 5.56 Å². The van der Waals surface area contributed by atoms with E-state index in [1.807, 2.05) is 32.0 Å². The predicted octanol–water partition coefficient (Wildman–Crippen LogP) is 3.51. The Morgan fingerprint density at radius 3 is 2.56 bits per heavy atom. The lowest BCUT2D eigenvalue weighted by Crippen LogP contribution is -2.24. The highest BCUT2D eigenvalue weighted by molar-refractivity contribution is 7.25. The molecule has 4 rings (SSSR count). The standard InChI is InChI=1S/C21H21N3O2S/c1-12-16(11-15-7-5-4-6-8-15)13(2)22-20-17(12)18-19(27-20)21(26)24(9-10-25)14(3)23-18/h4-8,25H,9-11H2,1-3H3. The van der Waals surface area contributed by atoms with Gasteiger partial charge in [-0.05, 0) is 43.9 Å². The molecule has 0 saturated carbocycles. The van der Waals surface area contributed by atoms with Crippen LogP contribution >= 0.6 is 11.3 Å². The van der Waals surface area contributed by atoms with E-state index in [-0.39, 0.29) is 18.7 Å². The Bertz CT molecular complexity index is 1210. The van der Waals surface area contributed by atoms with Gasteiger partial charge in [-0.3, -0.25) is 9.36 Å². The first kappa shape index (κ1) is 17.8. The second-order valence-electron chi connectivity index (χ2n) is 6.76. The zero-order valence-corrected chi connectivity index (χ0v) is 16.4. The van der Waals surface area contributed by atoms with Crippen molar-refractivity contribution < 1.29 is 5.11 Å². The Balaban J connectivity index is 1.99. The topological polar surface area (TPSA) is 68.0 Å². The number of hydrogen-bond donors (Lipinski definition) is 1. The fourth-order valence-electron chi connectivity index (χ4n) is 3.64. The Morgan fingerprint density at radius 1 is 1.11 bits per heavy atom. The molecular formula is C21H21N3O2S. The molecule has 0 spiro atoms. The van der Waals surface area contributed by atoms with Crippen molar-refractivity contribution >= 4 is 31.8 Å². The second-order valence-corrected chi connectivity index (χ2v) is 7.76. The number of hydrogen-bond acceptors (Lipinski definition) is 5. The van der Waals surface area contributed by atoms with E-state index in [2.05, 4.69) is 19.1 Å². The highest BCUT2D eigenvalue weighted by Gasteiger charge is 2.19. The van der Waals surface area contributed by atoms with Crippen LogP contribution in [0.15, 0.2) is 35.1 Å². The summed E-state index contributed by atoms with van der Waals surface area (Å²) in [5.41, 5.74) is 5.18. The molecule has 5 nitrogen and oxygen atoms in total. The van der Waals surface area contributed by atoms with Gasteiger partial charge >= 0.3 is 0 Å². The molecule has 27 heavy (non-hydrogen) atoms. The Morgan fingerprint density at radius 2 is 1.85 bits per heavy atom. The number of nitrogens with zero attached hydrogens (tertiary/aromatic N) is 3. The maximum absolute atomic E-state index is 12.9. The number of rotatable bonds is 4. The molecule has 3 aromatic heterocycles. The molecule has 0 fully saturated rings. The van der Waals surface area contributed by atoms with Crippen molar-refractivity contribution in [1.82, 2.24) is 14.5 Å². The van der Waals surface area contributed by atoms with E-state index in [0.717, 1.165) is 33.4 Å². The highest BCUT2D eigenvalue weighted by Crippen LogP contribution is 2.34. The van der Waals surface area contributed by atoms with Crippen molar-refractivity contribution in [1.29, 1.82) is 0 Å². The Kier molecular flexibility index (Phi) is 4.53. The fraction of sp³-hybridized carbons (Fsp3) is 0.286. The molecule has 3 heterocycles. The van der Waals surface area contributed by atoms with Crippen molar-refractivity contribution in [2.75, 3.05) is 6.61 Å². The third-order valence-corrected chi connectivity index (χ3v) is 6.11. The molecular weight excluding hydrogens is 358 g/mol. The highest BCUT2D eigenvalue weighted by atomic mass is 32.1. The van der Waals surface area contributed by atoms with Crippen molar-refractivity contribution in [3.8, 4) is 0 Å². The number of thiophene rings is 1. The maximum Gasteiger partial charge on any atom is 0.271 e. The molecule has 138 valence electrons. The number of aryl methyl sites for hydroxylation is 3. The van der Waals surface area contributed by atoms with Crippen molar-refractivity contribution in [3.05, 3.63) is 68.9 Å². The van der Waals surface area contributed by atoms with Gasteiger partial charge in [0.25, 0.3) is 5.56 Å². The number of aromatic nitrogens is 3. The molecule has 0 aliphatic carbocycles. The summed E-state index contributed by atoms with van der Waals surface area (Å²) in [6.07, 6.45) is 0.805. The summed E-state index contributed by atoms with van der Waals surface area (Å²) in [4.78, 5) is 23.2. The normalized spacial score (nSPS) is 11.6. The largest absolute Gasteiger partial charge is 0.395 e. The van der Waals surface area contributed by atoms with Crippen LogP contribution in [0.5, 0.6) is 0 Å². The quantitative estimate of drug-likeness (QED) is 0.589. The Hall–Kier alpha value is -2.57. The van der Waals surface area contributed by atoms with E-state index in [4.69, 9.17) is 9.97 Å². The summed E-state index contributed by atoms with van der Waals surface area (Å²) in [5.74, 6) is 0.617. The van der Waals surface area contributed by atoms with Crippen LogP contribution in [0.2, 0.25) is 0 Å². The summed E-state index contributed by atoms with van der Waals surface area (Å²) in [6, 6.07) is 10.3. The van der Waals surface area contributed by atoms with E-state index in [1.54, 1.807) is 0 Å². The average Bonchev–Trinajstić information content (AvgIpc) is 3.01. The van der Waals surface area contributed by atoms with Gasteiger partial charge in [-0.15, -0.1) is 11.3 Å². The molecule has 4 aromatic rings. The summed E-state index contributed by atoms with van der Waals surface area (Å²) < 4.78 is 2.14. The van der Waals surface area contributed by atoms with Crippen LogP contribution in [-0.2, 0) is 13.0 Å². The summed E-state index contributed by atoms with van der Waals surface area (Å²) in [5, 5.41) is 10.2. The molecule has 1 aromatic carbocycles. The number of aliphatic hydroxyl groups is 1. The van der Waals surface area contributed by atoms with E-state index >= 15 is 0 Å². The van der Waals surface area contributed by atoms with Crippen LogP contribution in [0.4, 0.5) is 0 Å². The maximum atomic E-state index is 12.9. The monoisotopic (exact) mass is 379 g/mol. The van der Waals surface area contributed by atoms with Crippen LogP contribution in [-0.4, -0.2) is 26.2 Å². The van der Waals surface area contributed by atoms with Crippen LogP contribution in [0.1, 0.15) is 28.2 Å². The molecule has 0 radical (unpaired) electrons. The van der Waals surface area contributed by atoms with Crippen LogP contribution in [0.3, 0.4) is 0 Å². The SMILES string of the molecule is Cc1nc2sc3c(=O)n(CCO)c(C)nc3c2c(C)c1Cc1ccccc1. The van der Waals surface area contributed by atoms with Crippen molar-refractivity contribution in [3.63, 3.8) is 0 Å². The molecule has 0 unspecified atom stereocenters. The predicted molar refractivity (Wildman–Crippen MR) is 110 cm³/mol. The van der Waals surface area contributed by atoms with Crippen molar-refractivity contribution in [2.45, 2.75) is 33.7 Å².